The number of aromatic nitrogens is 1. The number of benzene rings is 1. The molecule has 2 nitrogen and oxygen atoms in total. The number of hydrogen-bond acceptors (Lipinski definition) is 1. The molecular weight excluding hydrogens is 186 g/mol. The third-order valence-electron chi connectivity index (χ3n) is 2.44. The van der Waals surface area contributed by atoms with E-state index in [1.807, 2.05) is 60.2 Å². The molecule has 1 aromatic heterocycles. The van der Waals surface area contributed by atoms with Gasteiger partial charge in [-0.05, 0) is 19.1 Å². The predicted octanol–water partition coefficient (Wildman–Crippen LogP) is 2.74. The molecule has 2 rings (SSSR count). The monoisotopic (exact) mass is 199 g/mol. The Hall–Kier alpha value is -1.83. The Labute approximate surface area is 89.2 Å². The van der Waals surface area contributed by atoms with Gasteiger partial charge in [0.25, 0.3) is 0 Å². The second kappa shape index (κ2) is 4.13. The first kappa shape index (κ1) is 9.71. The van der Waals surface area contributed by atoms with E-state index < -0.39 is 0 Å². The molecule has 0 N–H and O–H groups in total. The van der Waals surface area contributed by atoms with Crippen molar-refractivity contribution in [3.05, 3.63) is 59.9 Å². The van der Waals surface area contributed by atoms with Gasteiger partial charge in [0.1, 0.15) is 0 Å². The maximum absolute atomic E-state index is 12.1. The van der Waals surface area contributed by atoms with Crippen molar-refractivity contribution in [2.24, 2.45) is 0 Å². The highest BCUT2D eigenvalue weighted by Crippen LogP contribution is 2.10. The summed E-state index contributed by atoms with van der Waals surface area (Å²) in [5.41, 5.74) is 1.50. The number of hydrogen-bond donors (Lipinski definition) is 0. The molecule has 0 fully saturated rings. The Balaban J connectivity index is 2.37. The van der Waals surface area contributed by atoms with Gasteiger partial charge in [-0.3, -0.25) is 4.79 Å². The zero-order chi connectivity index (χ0) is 10.7. The fourth-order valence-corrected chi connectivity index (χ4v) is 1.63. The van der Waals surface area contributed by atoms with E-state index in [1.165, 1.54) is 0 Å². The molecule has 0 spiro atoms. The molecule has 0 unspecified atom stereocenters. The first-order chi connectivity index (χ1) is 7.33. The van der Waals surface area contributed by atoms with Crippen LogP contribution in [0.25, 0.3) is 0 Å². The van der Waals surface area contributed by atoms with E-state index in [2.05, 4.69) is 0 Å². The third kappa shape index (κ3) is 1.84. The molecule has 1 aromatic carbocycles. The summed E-state index contributed by atoms with van der Waals surface area (Å²) in [4.78, 5) is 12.1. The van der Waals surface area contributed by atoms with Crippen LogP contribution < -0.4 is 0 Å². The minimum atomic E-state index is 0.0856. The van der Waals surface area contributed by atoms with Gasteiger partial charge in [0.2, 0.25) is 5.78 Å². The second-order valence-electron chi connectivity index (χ2n) is 3.37. The Bertz CT molecular complexity index is 456. The molecule has 0 amide bonds. The van der Waals surface area contributed by atoms with E-state index in [-0.39, 0.29) is 5.78 Å². The van der Waals surface area contributed by atoms with Gasteiger partial charge >= 0.3 is 0 Å². The number of ketones is 1. The van der Waals surface area contributed by atoms with Crippen LogP contribution in [0.3, 0.4) is 0 Å². The molecule has 0 aliphatic heterocycles. The fraction of sp³-hybridized carbons (Fsp3) is 0.154. The Kier molecular flexibility index (Phi) is 2.68. The van der Waals surface area contributed by atoms with Crippen molar-refractivity contribution < 1.29 is 4.79 Å². The van der Waals surface area contributed by atoms with Crippen molar-refractivity contribution in [2.45, 2.75) is 13.5 Å². The number of carbonyl (C=O) groups excluding carboxylic acids is 1. The van der Waals surface area contributed by atoms with Crippen LogP contribution in [0.15, 0.2) is 48.7 Å². The molecule has 2 aromatic rings. The van der Waals surface area contributed by atoms with Gasteiger partial charge in [0.15, 0.2) is 0 Å². The quantitative estimate of drug-likeness (QED) is 0.697. The van der Waals surface area contributed by atoms with Crippen molar-refractivity contribution in [3.63, 3.8) is 0 Å². The summed E-state index contributed by atoms with van der Waals surface area (Å²) in [6.45, 7) is 2.85. The molecule has 1 heterocycles. The van der Waals surface area contributed by atoms with Crippen molar-refractivity contribution in [2.75, 3.05) is 0 Å². The zero-order valence-corrected chi connectivity index (χ0v) is 8.68. The predicted molar refractivity (Wildman–Crippen MR) is 60.0 cm³/mol. The minimum Gasteiger partial charge on any atom is -0.345 e. The first-order valence-corrected chi connectivity index (χ1v) is 5.08. The summed E-state index contributed by atoms with van der Waals surface area (Å²) < 4.78 is 1.95. The Morgan fingerprint density at radius 3 is 2.53 bits per heavy atom. The van der Waals surface area contributed by atoms with Crippen LogP contribution in [0.1, 0.15) is 23.0 Å². The molecule has 0 aliphatic rings. The van der Waals surface area contributed by atoms with E-state index in [0.29, 0.717) is 0 Å². The summed E-state index contributed by atoms with van der Waals surface area (Å²) in [7, 11) is 0. The molecule has 2 heteroatoms. The largest absolute Gasteiger partial charge is 0.345 e. The number of rotatable bonds is 3. The smallest absolute Gasteiger partial charge is 0.209 e. The van der Waals surface area contributed by atoms with Gasteiger partial charge in [-0.25, -0.2) is 0 Å². The highest BCUT2D eigenvalue weighted by molar-refractivity contribution is 6.07. The topological polar surface area (TPSA) is 22.0 Å². The number of aryl methyl sites for hydroxylation is 1. The molecular formula is C13H13NO. The highest BCUT2D eigenvalue weighted by Gasteiger charge is 2.11. The van der Waals surface area contributed by atoms with Crippen LogP contribution >= 0.6 is 0 Å². The SMILES string of the molecule is CCn1cccc1C(=O)c1ccccc1. The van der Waals surface area contributed by atoms with Gasteiger partial charge in [-0.15, -0.1) is 0 Å². The lowest BCUT2D eigenvalue weighted by molar-refractivity contribution is 0.103. The maximum atomic E-state index is 12.1. The first-order valence-electron chi connectivity index (χ1n) is 5.08. The normalized spacial score (nSPS) is 10.2. The third-order valence-corrected chi connectivity index (χ3v) is 2.44. The van der Waals surface area contributed by atoms with Crippen molar-refractivity contribution in [1.82, 2.24) is 4.57 Å². The lowest BCUT2D eigenvalue weighted by Gasteiger charge is -2.04. The lowest BCUT2D eigenvalue weighted by atomic mass is 10.1. The Morgan fingerprint density at radius 2 is 1.87 bits per heavy atom. The summed E-state index contributed by atoms with van der Waals surface area (Å²) in [6, 6.07) is 13.1. The van der Waals surface area contributed by atoms with E-state index in [9.17, 15) is 4.79 Å². The summed E-state index contributed by atoms with van der Waals surface area (Å²) in [5, 5.41) is 0. The lowest BCUT2D eigenvalue weighted by Crippen LogP contribution is -2.08. The van der Waals surface area contributed by atoms with Gasteiger partial charge in [0.05, 0.1) is 5.69 Å². The fourth-order valence-electron chi connectivity index (χ4n) is 1.63. The van der Waals surface area contributed by atoms with E-state index in [4.69, 9.17) is 0 Å². The highest BCUT2D eigenvalue weighted by atomic mass is 16.1. The molecule has 0 atom stereocenters. The van der Waals surface area contributed by atoms with Crippen LogP contribution in [-0.4, -0.2) is 10.4 Å². The minimum absolute atomic E-state index is 0.0856. The van der Waals surface area contributed by atoms with Gasteiger partial charge in [-0.1, -0.05) is 30.3 Å². The molecule has 76 valence electrons. The van der Waals surface area contributed by atoms with Crippen molar-refractivity contribution in [1.29, 1.82) is 0 Å². The van der Waals surface area contributed by atoms with Gasteiger partial charge < -0.3 is 4.57 Å². The van der Waals surface area contributed by atoms with Crippen LogP contribution in [0.4, 0.5) is 0 Å². The van der Waals surface area contributed by atoms with Gasteiger partial charge in [0, 0.05) is 18.3 Å². The molecule has 0 aliphatic carbocycles. The van der Waals surface area contributed by atoms with Crippen LogP contribution in [-0.2, 0) is 6.54 Å². The van der Waals surface area contributed by atoms with Gasteiger partial charge in [-0.2, -0.15) is 0 Å². The van der Waals surface area contributed by atoms with E-state index >= 15 is 0 Å². The average Bonchev–Trinajstić information content (AvgIpc) is 2.77. The van der Waals surface area contributed by atoms with E-state index in [1.54, 1.807) is 0 Å². The summed E-state index contributed by atoms with van der Waals surface area (Å²) in [5.74, 6) is 0.0856. The molecule has 0 saturated heterocycles. The number of carbonyl (C=O) groups is 1. The van der Waals surface area contributed by atoms with Crippen molar-refractivity contribution >= 4 is 5.78 Å². The molecule has 0 bridgehead atoms. The second-order valence-corrected chi connectivity index (χ2v) is 3.37. The molecule has 15 heavy (non-hydrogen) atoms. The maximum Gasteiger partial charge on any atom is 0.209 e. The molecule has 0 radical (unpaired) electrons. The standard InChI is InChI=1S/C13H13NO/c1-2-14-10-6-9-12(14)13(15)11-7-4-3-5-8-11/h3-10H,2H2,1H3. The number of nitrogens with zero attached hydrogens (tertiary/aromatic N) is 1. The van der Waals surface area contributed by atoms with Crippen LogP contribution in [0, 0.1) is 0 Å². The van der Waals surface area contributed by atoms with Crippen LogP contribution in [0.5, 0.6) is 0 Å². The van der Waals surface area contributed by atoms with E-state index in [0.717, 1.165) is 17.8 Å². The molecule has 0 saturated carbocycles. The average molecular weight is 199 g/mol. The summed E-state index contributed by atoms with van der Waals surface area (Å²) >= 11 is 0. The zero-order valence-electron chi connectivity index (χ0n) is 8.68. The summed E-state index contributed by atoms with van der Waals surface area (Å²) in [6.07, 6.45) is 1.93. The van der Waals surface area contributed by atoms with Crippen LogP contribution in [0.2, 0.25) is 0 Å². The Morgan fingerprint density at radius 1 is 1.13 bits per heavy atom. The van der Waals surface area contributed by atoms with Crippen molar-refractivity contribution in [3.8, 4) is 0 Å².